The number of hydrogen-bond acceptors (Lipinski definition) is 3. The van der Waals surface area contributed by atoms with E-state index in [1.54, 1.807) is 18.5 Å². The Morgan fingerprint density at radius 2 is 2.50 bits per heavy atom. The molecule has 0 aliphatic carbocycles. The van der Waals surface area contributed by atoms with Gasteiger partial charge in [0.25, 0.3) is 0 Å². The summed E-state index contributed by atoms with van der Waals surface area (Å²) in [7, 11) is 0. The van der Waals surface area contributed by atoms with Gasteiger partial charge in [-0.05, 0) is 0 Å². The maximum Gasteiger partial charge on any atom is 0.161 e. The van der Waals surface area contributed by atoms with Crippen LogP contribution >= 0.6 is 0 Å². The van der Waals surface area contributed by atoms with Crippen molar-refractivity contribution >= 4 is 11.8 Å². The highest BCUT2D eigenvalue weighted by atomic mass is 16.5. The van der Waals surface area contributed by atoms with Crippen LogP contribution in [0.25, 0.3) is 6.08 Å². The fourth-order valence-electron chi connectivity index (χ4n) is 1.25. The first-order valence-corrected chi connectivity index (χ1v) is 3.89. The molecule has 1 N–H and O–H groups in total. The topological polar surface area (TPSA) is 34.2 Å². The molecule has 1 aliphatic rings. The van der Waals surface area contributed by atoms with Crippen molar-refractivity contribution in [2.75, 3.05) is 18.5 Å². The number of hydrogen-bond donors (Lipinski definition) is 1. The molecule has 2 heterocycles. The lowest BCUT2D eigenvalue weighted by Crippen LogP contribution is -2.18. The van der Waals surface area contributed by atoms with E-state index in [1.807, 2.05) is 0 Å². The van der Waals surface area contributed by atoms with Gasteiger partial charge in [-0.25, -0.2) is 0 Å². The largest absolute Gasteiger partial charge is 0.488 e. The van der Waals surface area contributed by atoms with Crippen LogP contribution in [0.1, 0.15) is 5.56 Å². The third kappa shape index (κ3) is 1.03. The van der Waals surface area contributed by atoms with Crippen molar-refractivity contribution in [1.82, 2.24) is 4.98 Å². The highest BCUT2D eigenvalue weighted by Crippen LogP contribution is 2.29. The molecule has 62 valence electrons. The molecule has 0 saturated carbocycles. The molecular weight excluding hydrogens is 152 g/mol. The zero-order valence-electron chi connectivity index (χ0n) is 6.71. The van der Waals surface area contributed by atoms with Gasteiger partial charge in [0.15, 0.2) is 5.75 Å². The van der Waals surface area contributed by atoms with E-state index in [0.29, 0.717) is 6.61 Å². The van der Waals surface area contributed by atoms with E-state index in [0.717, 1.165) is 23.5 Å². The summed E-state index contributed by atoms with van der Waals surface area (Å²) in [6, 6.07) is 0. The Balaban J connectivity index is 2.51. The van der Waals surface area contributed by atoms with Gasteiger partial charge in [-0.15, -0.1) is 0 Å². The third-order valence-electron chi connectivity index (χ3n) is 1.82. The van der Waals surface area contributed by atoms with Crippen molar-refractivity contribution in [3.8, 4) is 5.75 Å². The van der Waals surface area contributed by atoms with Gasteiger partial charge >= 0.3 is 0 Å². The van der Waals surface area contributed by atoms with Gasteiger partial charge in [-0.3, -0.25) is 4.98 Å². The van der Waals surface area contributed by atoms with Crippen LogP contribution in [-0.4, -0.2) is 18.1 Å². The molecule has 0 bridgehead atoms. The van der Waals surface area contributed by atoms with Gasteiger partial charge in [-0.1, -0.05) is 12.7 Å². The second-order valence-corrected chi connectivity index (χ2v) is 2.58. The molecule has 0 amide bonds. The van der Waals surface area contributed by atoms with Gasteiger partial charge in [0.2, 0.25) is 0 Å². The lowest BCUT2D eigenvalue weighted by atomic mass is 10.2. The average Bonchev–Trinajstić information content (AvgIpc) is 2.17. The van der Waals surface area contributed by atoms with Crippen molar-refractivity contribution in [3.05, 3.63) is 24.5 Å². The Bertz CT molecular complexity index is 309. The maximum absolute atomic E-state index is 5.39. The quantitative estimate of drug-likeness (QED) is 0.680. The molecule has 1 aliphatic heterocycles. The van der Waals surface area contributed by atoms with Gasteiger partial charge in [0.05, 0.1) is 11.9 Å². The zero-order valence-corrected chi connectivity index (χ0v) is 6.71. The molecule has 0 atom stereocenters. The molecule has 3 nitrogen and oxygen atoms in total. The normalized spacial score (nSPS) is 14.0. The minimum absolute atomic E-state index is 0.704. The number of aromatic nitrogens is 1. The SMILES string of the molecule is C=Cc1cncc2c1NCCO2. The highest BCUT2D eigenvalue weighted by Gasteiger charge is 2.11. The molecule has 0 saturated heterocycles. The molecule has 2 rings (SSSR count). The van der Waals surface area contributed by atoms with Gasteiger partial charge in [-0.2, -0.15) is 0 Å². The van der Waals surface area contributed by atoms with Crippen LogP contribution in [0, 0.1) is 0 Å². The average molecular weight is 162 g/mol. The Labute approximate surface area is 71.1 Å². The Morgan fingerprint density at radius 1 is 1.58 bits per heavy atom. The highest BCUT2D eigenvalue weighted by molar-refractivity contribution is 5.71. The van der Waals surface area contributed by atoms with Crippen LogP contribution in [0.5, 0.6) is 5.75 Å². The lowest BCUT2D eigenvalue weighted by Gasteiger charge is -2.19. The van der Waals surface area contributed by atoms with E-state index in [4.69, 9.17) is 4.74 Å². The molecule has 0 unspecified atom stereocenters. The molecule has 12 heavy (non-hydrogen) atoms. The van der Waals surface area contributed by atoms with Crippen LogP contribution in [0.3, 0.4) is 0 Å². The second kappa shape index (κ2) is 2.85. The van der Waals surface area contributed by atoms with E-state index in [-0.39, 0.29) is 0 Å². The molecule has 0 fully saturated rings. The zero-order chi connectivity index (χ0) is 8.39. The first-order valence-electron chi connectivity index (χ1n) is 3.89. The summed E-state index contributed by atoms with van der Waals surface area (Å²) in [6.07, 6.45) is 5.26. The van der Waals surface area contributed by atoms with E-state index < -0.39 is 0 Å². The molecule has 0 radical (unpaired) electrons. The molecule has 3 heteroatoms. The number of pyridine rings is 1. The molecular formula is C9H10N2O. The van der Waals surface area contributed by atoms with Crippen molar-refractivity contribution in [2.24, 2.45) is 0 Å². The monoisotopic (exact) mass is 162 g/mol. The number of fused-ring (bicyclic) bond motifs is 1. The predicted molar refractivity (Wildman–Crippen MR) is 48.3 cm³/mol. The van der Waals surface area contributed by atoms with Crippen LogP contribution in [-0.2, 0) is 0 Å². The summed E-state index contributed by atoms with van der Waals surface area (Å²) in [6.45, 7) is 5.25. The maximum atomic E-state index is 5.39. The Morgan fingerprint density at radius 3 is 3.33 bits per heavy atom. The molecule has 0 spiro atoms. The number of rotatable bonds is 1. The van der Waals surface area contributed by atoms with Crippen molar-refractivity contribution in [2.45, 2.75) is 0 Å². The van der Waals surface area contributed by atoms with Crippen LogP contribution in [0.2, 0.25) is 0 Å². The minimum atomic E-state index is 0.704. The molecule has 0 aromatic carbocycles. The van der Waals surface area contributed by atoms with Crippen molar-refractivity contribution in [3.63, 3.8) is 0 Å². The van der Waals surface area contributed by atoms with Gasteiger partial charge < -0.3 is 10.1 Å². The molecule has 1 aromatic rings. The predicted octanol–water partition coefficient (Wildman–Crippen LogP) is 1.53. The van der Waals surface area contributed by atoms with Crippen molar-refractivity contribution in [1.29, 1.82) is 0 Å². The van der Waals surface area contributed by atoms with E-state index >= 15 is 0 Å². The van der Waals surface area contributed by atoms with E-state index in [2.05, 4.69) is 16.9 Å². The fourth-order valence-corrected chi connectivity index (χ4v) is 1.25. The summed E-state index contributed by atoms with van der Waals surface area (Å²) in [5, 5.41) is 3.25. The van der Waals surface area contributed by atoms with Crippen LogP contribution in [0.15, 0.2) is 19.0 Å². The Kier molecular flexibility index (Phi) is 1.70. The second-order valence-electron chi connectivity index (χ2n) is 2.58. The Hall–Kier alpha value is -1.51. The summed E-state index contributed by atoms with van der Waals surface area (Å²) in [5.74, 6) is 0.818. The first-order chi connectivity index (χ1) is 5.92. The van der Waals surface area contributed by atoms with Crippen LogP contribution < -0.4 is 10.1 Å². The van der Waals surface area contributed by atoms with Gasteiger partial charge in [0, 0.05) is 18.3 Å². The number of ether oxygens (including phenoxy) is 1. The smallest absolute Gasteiger partial charge is 0.161 e. The molecule has 1 aromatic heterocycles. The standard InChI is InChI=1S/C9H10N2O/c1-2-7-5-10-6-8-9(7)11-3-4-12-8/h2,5-6,11H,1,3-4H2. The number of nitrogens with one attached hydrogen (secondary N) is 1. The first kappa shape index (κ1) is 7.16. The van der Waals surface area contributed by atoms with Gasteiger partial charge in [0.1, 0.15) is 6.61 Å². The fraction of sp³-hybridized carbons (Fsp3) is 0.222. The third-order valence-corrected chi connectivity index (χ3v) is 1.82. The lowest BCUT2D eigenvalue weighted by molar-refractivity contribution is 0.322. The van der Waals surface area contributed by atoms with Crippen molar-refractivity contribution < 1.29 is 4.74 Å². The van der Waals surface area contributed by atoms with E-state index in [1.165, 1.54) is 0 Å². The van der Waals surface area contributed by atoms with Crippen LogP contribution in [0.4, 0.5) is 5.69 Å². The summed E-state index contributed by atoms with van der Waals surface area (Å²) < 4.78 is 5.39. The summed E-state index contributed by atoms with van der Waals surface area (Å²) in [4.78, 5) is 4.03. The minimum Gasteiger partial charge on any atom is -0.488 e. The number of anilines is 1. The summed E-state index contributed by atoms with van der Waals surface area (Å²) in [5.41, 5.74) is 2.00. The van der Waals surface area contributed by atoms with E-state index in [9.17, 15) is 0 Å². The number of nitrogens with zero attached hydrogens (tertiary/aromatic N) is 1. The summed E-state index contributed by atoms with van der Waals surface area (Å²) >= 11 is 0.